The zero-order valence-corrected chi connectivity index (χ0v) is 17.3. The van der Waals surface area contributed by atoms with Crippen molar-refractivity contribution in [3.05, 3.63) is 94.0 Å². The van der Waals surface area contributed by atoms with Gasteiger partial charge in [-0.15, -0.1) is 0 Å². The van der Waals surface area contributed by atoms with Crippen LogP contribution in [-0.2, 0) is 17.6 Å². The fourth-order valence-corrected chi connectivity index (χ4v) is 3.62. The number of benzene rings is 1. The molecule has 3 rings (SSSR count). The molecule has 0 radical (unpaired) electrons. The third kappa shape index (κ3) is 6.26. The van der Waals surface area contributed by atoms with Crippen LogP contribution in [0.4, 0.5) is 0 Å². The highest BCUT2D eigenvalue weighted by Gasteiger charge is 2.24. The van der Waals surface area contributed by atoms with Gasteiger partial charge in [0.2, 0.25) is 5.91 Å². The number of hydrogen-bond acceptors (Lipinski definition) is 4. The molecule has 2 N–H and O–H groups in total. The monoisotopic (exact) mass is 428 g/mol. The normalized spacial score (nSPS) is 11.8. The average molecular weight is 429 g/mol. The van der Waals surface area contributed by atoms with E-state index in [4.69, 9.17) is 23.2 Å². The fraction of sp³-hybridized carbons (Fsp3) is 0.227. The molecule has 1 amide bonds. The molecule has 7 heteroatoms. The largest absolute Gasteiger partial charge is 0.354 e. The number of pyridine rings is 2. The molecule has 1 atom stereocenters. The van der Waals surface area contributed by atoms with Crippen molar-refractivity contribution in [2.45, 2.75) is 18.9 Å². The lowest BCUT2D eigenvalue weighted by Crippen LogP contribution is -2.39. The Morgan fingerprint density at radius 1 is 0.828 bits per heavy atom. The first-order chi connectivity index (χ1) is 14.1. The van der Waals surface area contributed by atoms with Crippen LogP contribution >= 0.6 is 23.2 Å². The quantitative estimate of drug-likeness (QED) is 0.539. The van der Waals surface area contributed by atoms with Crippen molar-refractivity contribution in [1.82, 2.24) is 20.6 Å². The summed E-state index contributed by atoms with van der Waals surface area (Å²) in [6.45, 7) is 1.10. The van der Waals surface area contributed by atoms with Crippen LogP contribution in [0.1, 0.15) is 22.7 Å². The Morgan fingerprint density at radius 2 is 1.34 bits per heavy atom. The van der Waals surface area contributed by atoms with Gasteiger partial charge in [0.05, 0.1) is 0 Å². The Bertz CT molecular complexity index is 902. The van der Waals surface area contributed by atoms with E-state index >= 15 is 0 Å². The van der Waals surface area contributed by atoms with Crippen molar-refractivity contribution in [3.63, 3.8) is 0 Å². The van der Waals surface area contributed by atoms with E-state index in [0.29, 0.717) is 35.1 Å². The maximum absolute atomic E-state index is 13.0. The minimum Gasteiger partial charge on any atom is -0.354 e. The Hall–Kier alpha value is -2.47. The summed E-state index contributed by atoms with van der Waals surface area (Å²) in [4.78, 5) is 21.0. The van der Waals surface area contributed by atoms with Crippen LogP contribution in [0.5, 0.6) is 0 Å². The standard InChI is InChI=1S/C22H22Cl2N4O/c23-18-2-1-3-19(24)20(18)21(27-14-8-16-4-10-25-11-5-16)22(29)28-15-9-17-6-12-26-13-7-17/h1-7,10-13,21,27H,8-9,14-15H2,(H,28,29). The van der Waals surface area contributed by atoms with Crippen molar-refractivity contribution in [2.24, 2.45) is 0 Å². The summed E-state index contributed by atoms with van der Waals surface area (Å²) in [6.07, 6.45) is 8.46. The molecule has 5 nitrogen and oxygen atoms in total. The van der Waals surface area contributed by atoms with Gasteiger partial charge in [0, 0.05) is 53.5 Å². The molecule has 1 aromatic carbocycles. The Balaban J connectivity index is 1.67. The molecule has 0 aliphatic rings. The van der Waals surface area contributed by atoms with Crippen molar-refractivity contribution in [1.29, 1.82) is 0 Å². The average Bonchev–Trinajstić information content (AvgIpc) is 2.74. The van der Waals surface area contributed by atoms with Gasteiger partial charge in [-0.2, -0.15) is 0 Å². The number of amides is 1. The van der Waals surface area contributed by atoms with Gasteiger partial charge in [0.15, 0.2) is 0 Å². The van der Waals surface area contributed by atoms with Crippen molar-refractivity contribution < 1.29 is 4.79 Å². The summed E-state index contributed by atoms with van der Waals surface area (Å²) >= 11 is 12.7. The highest BCUT2D eigenvalue weighted by Crippen LogP contribution is 2.30. The highest BCUT2D eigenvalue weighted by molar-refractivity contribution is 6.36. The molecule has 0 saturated heterocycles. The number of nitrogens with one attached hydrogen (secondary N) is 2. The Labute approximate surface area is 180 Å². The molecule has 0 saturated carbocycles. The summed E-state index contributed by atoms with van der Waals surface area (Å²) in [5.41, 5.74) is 2.83. The van der Waals surface area contributed by atoms with Crippen LogP contribution < -0.4 is 10.6 Å². The molecular formula is C22H22Cl2N4O. The van der Waals surface area contributed by atoms with Crippen molar-refractivity contribution in [2.75, 3.05) is 13.1 Å². The second-order valence-corrected chi connectivity index (χ2v) is 7.34. The van der Waals surface area contributed by atoms with E-state index in [2.05, 4.69) is 20.6 Å². The first kappa shape index (κ1) is 21.2. The van der Waals surface area contributed by atoms with E-state index < -0.39 is 6.04 Å². The van der Waals surface area contributed by atoms with Crippen LogP contribution in [0.2, 0.25) is 10.0 Å². The van der Waals surface area contributed by atoms with E-state index in [0.717, 1.165) is 17.5 Å². The number of aromatic nitrogens is 2. The van der Waals surface area contributed by atoms with Gasteiger partial charge in [0.1, 0.15) is 6.04 Å². The van der Waals surface area contributed by atoms with Gasteiger partial charge in [0.25, 0.3) is 0 Å². The first-order valence-corrected chi connectivity index (χ1v) is 10.1. The third-order valence-electron chi connectivity index (χ3n) is 4.52. The number of carbonyl (C=O) groups excluding carboxylic acids is 1. The van der Waals surface area contributed by atoms with Gasteiger partial charge in [-0.1, -0.05) is 29.3 Å². The lowest BCUT2D eigenvalue weighted by molar-refractivity contribution is -0.123. The molecule has 2 heterocycles. The zero-order chi connectivity index (χ0) is 20.5. The third-order valence-corrected chi connectivity index (χ3v) is 5.18. The molecule has 29 heavy (non-hydrogen) atoms. The van der Waals surface area contributed by atoms with E-state index in [1.165, 1.54) is 0 Å². The van der Waals surface area contributed by atoms with Crippen LogP contribution in [0, 0.1) is 0 Å². The molecule has 150 valence electrons. The minimum absolute atomic E-state index is 0.163. The Kier molecular flexibility index (Phi) is 7.99. The molecular weight excluding hydrogens is 407 g/mol. The molecule has 0 aliphatic carbocycles. The van der Waals surface area contributed by atoms with Crippen LogP contribution in [-0.4, -0.2) is 29.0 Å². The zero-order valence-electron chi connectivity index (χ0n) is 15.8. The van der Waals surface area contributed by atoms with E-state index in [-0.39, 0.29) is 5.91 Å². The van der Waals surface area contributed by atoms with Crippen LogP contribution in [0.3, 0.4) is 0 Å². The summed E-state index contributed by atoms with van der Waals surface area (Å²) in [5, 5.41) is 7.21. The van der Waals surface area contributed by atoms with Gasteiger partial charge in [-0.3, -0.25) is 14.8 Å². The van der Waals surface area contributed by atoms with E-state index in [1.807, 2.05) is 24.3 Å². The minimum atomic E-state index is -0.643. The smallest absolute Gasteiger partial charge is 0.241 e. The second kappa shape index (κ2) is 10.9. The molecule has 1 unspecified atom stereocenters. The number of nitrogens with zero attached hydrogens (tertiary/aromatic N) is 2. The number of carbonyl (C=O) groups is 1. The lowest BCUT2D eigenvalue weighted by atomic mass is 10.0. The summed E-state index contributed by atoms with van der Waals surface area (Å²) in [5.74, 6) is -0.163. The predicted octanol–water partition coefficient (Wildman–Crippen LogP) is 4.02. The molecule has 3 aromatic rings. The summed E-state index contributed by atoms with van der Waals surface area (Å²) in [6, 6.07) is 12.4. The van der Waals surface area contributed by atoms with Crippen molar-refractivity contribution >= 4 is 29.1 Å². The molecule has 0 bridgehead atoms. The number of halogens is 2. The SMILES string of the molecule is O=C(NCCc1ccncc1)C(NCCc1ccncc1)c1c(Cl)cccc1Cl. The van der Waals surface area contributed by atoms with Gasteiger partial charge >= 0.3 is 0 Å². The Morgan fingerprint density at radius 3 is 1.90 bits per heavy atom. The maximum Gasteiger partial charge on any atom is 0.241 e. The summed E-state index contributed by atoms with van der Waals surface area (Å²) < 4.78 is 0. The van der Waals surface area contributed by atoms with Crippen molar-refractivity contribution in [3.8, 4) is 0 Å². The molecule has 0 fully saturated rings. The lowest BCUT2D eigenvalue weighted by Gasteiger charge is -2.21. The van der Waals surface area contributed by atoms with E-state index in [9.17, 15) is 4.79 Å². The predicted molar refractivity (Wildman–Crippen MR) is 116 cm³/mol. The molecule has 0 aliphatic heterocycles. The van der Waals surface area contributed by atoms with Gasteiger partial charge in [-0.25, -0.2) is 0 Å². The molecule has 0 spiro atoms. The summed E-state index contributed by atoms with van der Waals surface area (Å²) in [7, 11) is 0. The molecule has 2 aromatic heterocycles. The van der Waals surface area contributed by atoms with E-state index in [1.54, 1.807) is 43.0 Å². The fourth-order valence-electron chi connectivity index (χ4n) is 3.00. The first-order valence-electron chi connectivity index (χ1n) is 9.38. The topological polar surface area (TPSA) is 66.9 Å². The highest BCUT2D eigenvalue weighted by atomic mass is 35.5. The number of hydrogen-bond donors (Lipinski definition) is 2. The van der Waals surface area contributed by atoms with Crippen LogP contribution in [0.25, 0.3) is 0 Å². The van der Waals surface area contributed by atoms with Gasteiger partial charge in [-0.05, 0) is 60.4 Å². The van der Waals surface area contributed by atoms with Gasteiger partial charge < -0.3 is 10.6 Å². The maximum atomic E-state index is 13.0. The number of rotatable bonds is 9. The second-order valence-electron chi connectivity index (χ2n) is 6.52. The van der Waals surface area contributed by atoms with Crippen LogP contribution in [0.15, 0.2) is 67.3 Å².